The molecule has 4 rings (SSSR count). The Bertz CT molecular complexity index is 898. The summed E-state index contributed by atoms with van der Waals surface area (Å²) in [6.45, 7) is 0. The lowest BCUT2D eigenvalue weighted by Crippen LogP contribution is -2.04. The number of halogens is 1. The smallest absolute Gasteiger partial charge is 0.338 e. The summed E-state index contributed by atoms with van der Waals surface area (Å²) in [7, 11) is 1.33. The van der Waals surface area contributed by atoms with Crippen LogP contribution < -0.4 is 0 Å². The fraction of sp³-hybridized carbons (Fsp3) is 0.235. The number of esters is 1. The minimum atomic E-state index is -0.467. The van der Waals surface area contributed by atoms with E-state index in [2.05, 4.69) is 10.1 Å². The summed E-state index contributed by atoms with van der Waals surface area (Å²) in [6, 6.07) is 7.58. The maximum atomic E-state index is 13.1. The number of benzene rings is 1. The van der Waals surface area contributed by atoms with Crippen molar-refractivity contribution in [1.82, 2.24) is 10.1 Å². The van der Waals surface area contributed by atoms with E-state index in [1.807, 2.05) is 0 Å². The molecule has 0 spiro atoms. The number of nitrogens with zero attached hydrogens (tertiary/aromatic N) is 2. The highest BCUT2D eigenvalue weighted by Gasteiger charge is 2.29. The van der Waals surface area contributed by atoms with Crippen molar-refractivity contribution >= 4 is 17.1 Å². The fourth-order valence-electron chi connectivity index (χ4n) is 2.63. The van der Waals surface area contributed by atoms with E-state index < -0.39 is 5.97 Å². The van der Waals surface area contributed by atoms with Crippen LogP contribution in [0.5, 0.6) is 0 Å². The van der Waals surface area contributed by atoms with Crippen molar-refractivity contribution in [3.8, 4) is 11.3 Å². The molecule has 1 saturated carbocycles. The van der Waals surface area contributed by atoms with Gasteiger partial charge in [0.2, 0.25) is 0 Å². The van der Waals surface area contributed by atoms with Crippen LogP contribution in [0, 0.1) is 5.82 Å². The Kier molecular flexibility index (Phi) is 3.11. The maximum absolute atomic E-state index is 13.1. The van der Waals surface area contributed by atoms with Crippen LogP contribution in [0.15, 0.2) is 34.9 Å². The molecule has 0 aliphatic heterocycles. The van der Waals surface area contributed by atoms with Crippen molar-refractivity contribution in [2.24, 2.45) is 0 Å². The molecule has 0 bridgehead atoms. The van der Waals surface area contributed by atoms with Crippen LogP contribution in [0.2, 0.25) is 0 Å². The second-order valence-electron chi connectivity index (χ2n) is 5.58. The first kappa shape index (κ1) is 13.9. The summed E-state index contributed by atoms with van der Waals surface area (Å²) in [4.78, 5) is 16.6. The first-order valence-corrected chi connectivity index (χ1v) is 7.32. The molecule has 3 aromatic rings. The number of aromatic nitrogens is 2. The first-order chi connectivity index (χ1) is 11.2. The molecule has 2 aromatic heterocycles. The summed E-state index contributed by atoms with van der Waals surface area (Å²) in [5.41, 5.74) is 2.60. The predicted octanol–water partition coefficient (Wildman–Crippen LogP) is 3.69. The van der Waals surface area contributed by atoms with Gasteiger partial charge in [-0.3, -0.25) is 0 Å². The normalized spacial score (nSPS) is 14.2. The predicted molar refractivity (Wildman–Crippen MR) is 80.5 cm³/mol. The molecule has 23 heavy (non-hydrogen) atoms. The van der Waals surface area contributed by atoms with E-state index >= 15 is 0 Å². The number of pyridine rings is 1. The molecule has 0 radical (unpaired) electrons. The number of carbonyl (C=O) groups excluding carboxylic acids is 1. The highest BCUT2D eigenvalue weighted by Crippen LogP contribution is 2.41. The van der Waals surface area contributed by atoms with Crippen LogP contribution in [-0.2, 0) is 4.74 Å². The summed E-state index contributed by atoms with van der Waals surface area (Å²) in [5, 5.41) is 4.52. The van der Waals surface area contributed by atoms with Gasteiger partial charge in [-0.2, -0.15) is 0 Å². The van der Waals surface area contributed by atoms with Crippen molar-refractivity contribution in [3.63, 3.8) is 0 Å². The van der Waals surface area contributed by atoms with Crippen molar-refractivity contribution < 1.29 is 18.4 Å². The SMILES string of the molecule is COC(=O)c1cc(C2CC2)nc2onc(-c3ccc(F)cc3)c12. The second kappa shape index (κ2) is 5.15. The topological polar surface area (TPSA) is 65.2 Å². The number of fused-ring (bicyclic) bond motifs is 1. The van der Waals surface area contributed by atoms with Crippen LogP contribution in [0.1, 0.15) is 34.8 Å². The van der Waals surface area contributed by atoms with Crippen molar-refractivity contribution in [2.45, 2.75) is 18.8 Å². The molecule has 6 heteroatoms. The number of rotatable bonds is 3. The van der Waals surface area contributed by atoms with Crippen molar-refractivity contribution in [2.75, 3.05) is 7.11 Å². The van der Waals surface area contributed by atoms with Gasteiger partial charge in [-0.25, -0.2) is 14.2 Å². The third-order valence-corrected chi connectivity index (χ3v) is 3.98. The Morgan fingerprint density at radius 2 is 2.04 bits per heavy atom. The van der Waals surface area contributed by atoms with Crippen LogP contribution >= 0.6 is 0 Å². The van der Waals surface area contributed by atoms with E-state index in [1.165, 1.54) is 19.2 Å². The Balaban J connectivity index is 1.95. The average molecular weight is 312 g/mol. The lowest BCUT2D eigenvalue weighted by molar-refractivity contribution is 0.0602. The molecule has 1 fully saturated rings. The lowest BCUT2D eigenvalue weighted by Gasteiger charge is -2.05. The van der Waals surface area contributed by atoms with Crippen LogP contribution in [-0.4, -0.2) is 23.2 Å². The van der Waals surface area contributed by atoms with E-state index in [0.717, 1.165) is 18.5 Å². The van der Waals surface area contributed by atoms with E-state index in [9.17, 15) is 9.18 Å². The van der Waals surface area contributed by atoms with Gasteiger partial charge in [-0.15, -0.1) is 0 Å². The van der Waals surface area contributed by atoms with Gasteiger partial charge in [0.15, 0.2) is 0 Å². The summed E-state index contributed by atoms with van der Waals surface area (Å²) < 4.78 is 23.3. The van der Waals surface area contributed by atoms with Gasteiger partial charge < -0.3 is 9.26 Å². The van der Waals surface area contributed by atoms with Crippen LogP contribution in [0.25, 0.3) is 22.4 Å². The highest BCUT2D eigenvalue weighted by atomic mass is 19.1. The van der Waals surface area contributed by atoms with E-state index in [1.54, 1.807) is 18.2 Å². The standard InChI is InChI=1S/C17H13FN2O3/c1-22-17(21)12-8-13(9-2-3-9)19-16-14(12)15(20-23-16)10-4-6-11(18)7-5-10/h4-9H,2-3H2,1H3. The minimum Gasteiger partial charge on any atom is -0.465 e. The summed E-state index contributed by atoms with van der Waals surface area (Å²) >= 11 is 0. The summed E-state index contributed by atoms with van der Waals surface area (Å²) in [6.07, 6.45) is 2.11. The van der Waals surface area contributed by atoms with E-state index in [0.29, 0.717) is 33.8 Å². The molecule has 0 unspecified atom stereocenters. The van der Waals surface area contributed by atoms with Gasteiger partial charge in [0.25, 0.3) is 5.71 Å². The molecule has 2 heterocycles. The Morgan fingerprint density at radius 3 is 2.70 bits per heavy atom. The number of ether oxygens (including phenoxy) is 1. The number of methoxy groups -OCH3 is 1. The second-order valence-corrected chi connectivity index (χ2v) is 5.58. The Morgan fingerprint density at radius 1 is 1.30 bits per heavy atom. The zero-order valence-electron chi connectivity index (χ0n) is 12.4. The molecular weight excluding hydrogens is 299 g/mol. The molecule has 1 aromatic carbocycles. The molecule has 0 saturated heterocycles. The van der Waals surface area contributed by atoms with Gasteiger partial charge in [-0.1, -0.05) is 5.16 Å². The minimum absolute atomic E-state index is 0.300. The first-order valence-electron chi connectivity index (χ1n) is 7.32. The molecular formula is C17H13FN2O3. The summed E-state index contributed by atoms with van der Waals surface area (Å²) in [5.74, 6) is -0.447. The Hall–Kier alpha value is -2.76. The fourth-order valence-corrected chi connectivity index (χ4v) is 2.63. The molecule has 0 amide bonds. The molecule has 116 valence electrons. The van der Waals surface area contributed by atoms with E-state index in [4.69, 9.17) is 9.26 Å². The zero-order valence-corrected chi connectivity index (χ0v) is 12.4. The molecule has 0 N–H and O–H groups in total. The molecule has 1 aliphatic carbocycles. The quantitative estimate of drug-likeness (QED) is 0.690. The number of hydrogen-bond acceptors (Lipinski definition) is 5. The Labute approximate surface area is 131 Å². The van der Waals surface area contributed by atoms with Crippen LogP contribution in [0.4, 0.5) is 4.39 Å². The highest BCUT2D eigenvalue weighted by molar-refractivity contribution is 6.07. The van der Waals surface area contributed by atoms with Gasteiger partial charge in [-0.05, 0) is 43.2 Å². The van der Waals surface area contributed by atoms with Gasteiger partial charge >= 0.3 is 5.97 Å². The number of hydrogen-bond donors (Lipinski definition) is 0. The van der Waals surface area contributed by atoms with Gasteiger partial charge in [0, 0.05) is 17.2 Å². The zero-order chi connectivity index (χ0) is 16.0. The lowest BCUT2D eigenvalue weighted by atomic mass is 10.0. The average Bonchev–Trinajstić information content (AvgIpc) is 3.34. The molecule has 1 aliphatic rings. The maximum Gasteiger partial charge on any atom is 0.338 e. The molecule has 0 atom stereocenters. The largest absolute Gasteiger partial charge is 0.465 e. The van der Waals surface area contributed by atoms with E-state index in [-0.39, 0.29) is 5.82 Å². The van der Waals surface area contributed by atoms with Gasteiger partial charge in [0.1, 0.15) is 11.5 Å². The monoisotopic (exact) mass is 312 g/mol. The van der Waals surface area contributed by atoms with Crippen molar-refractivity contribution in [1.29, 1.82) is 0 Å². The molecule has 5 nitrogen and oxygen atoms in total. The third kappa shape index (κ3) is 2.36. The van der Waals surface area contributed by atoms with Crippen molar-refractivity contribution in [3.05, 3.63) is 47.4 Å². The number of carbonyl (C=O) groups is 1. The third-order valence-electron chi connectivity index (χ3n) is 3.98. The van der Waals surface area contributed by atoms with Gasteiger partial charge in [0.05, 0.1) is 18.1 Å². The van der Waals surface area contributed by atoms with Crippen LogP contribution in [0.3, 0.4) is 0 Å².